The van der Waals surface area contributed by atoms with E-state index in [9.17, 15) is 13.2 Å². The highest BCUT2D eigenvalue weighted by atomic mass is 35.5. The molecule has 0 radical (unpaired) electrons. The largest absolute Gasteiger partial charge is 0.467 e. The Bertz CT molecular complexity index is 388. The van der Waals surface area contributed by atoms with E-state index < -0.39 is 12.8 Å². The zero-order valence-electron chi connectivity index (χ0n) is 9.74. The van der Waals surface area contributed by atoms with Gasteiger partial charge in [-0.05, 0) is 19.4 Å². The fourth-order valence-electron chi connectivity index (χ4n) is 1.14. The van der Waals surface area contributed by atoms with E-state index in [1.165, 1.54) is 0 Å². The summed E-state index contributed by atoms with van der Waals surface area (Å²) in [6.07, 6.45) is -4.40. The Hall–Kier alpha value is -0.790. The third-order valence-electron chi connectivity index (χ3n) is 2.12. The van der Waals surface area contributed by atoms with Crippen molar-refractivity contribution in [1.29, 1.82) is 0 Å². The van der Waals surface area contributed by atoms with Crippen LogP contribution in [-0.4, -0.2) is 23.0 Å². The smallest absolute Gasteiger partial charge is 0.422 e. The van der Waals surface area contributed by atoms with E-state index in [1.54, 1.807) is 13.8 Å². The van der Waals surface area contributed by atoms with Crippen molar-refractivity contribution < 1.29 is 17.9 Å². The van der Waals surface area contributed by atoms with Crippen molar-refractivity contribution in [2.24, 2.45) is 5.73 Å². The average molecular weight is 308 g/mol. The van der Waals surface area contributed by atoms with Crippen LogP contribution < -0.4 is 10.5 Å². The predicted octanol–water partition coefficient (Wildman–Crippen LogP) is 2.34. The number of aromatic nitrogens is 2. The maximum Gasteiger partial charge on any atom is 0.422 e. The molecule has 0 aliphatic carbocycles. The molecule has 106 valence electrons. The lowest BCUT2D eigenvalue weighted by Gasteiger charge is -2.13. The first-order chi connectivity index (χ1) is 7.35. The average Bonchev–Trinajstić information content (AvgIpc) is 2.18. The van der Waals surface area contributed by atoms with Gasteiger partial charge in [-0.15, -0.1) is 29.9 Å². The first-order valence-corrected chi connectivity index (χ1v) is 4.57. The van der Waals surface area contributed by atoms with Gasteiger partial charge in [-0.1, -0.05) is 0 Å². The molecule has 0 fully saturated rings. The molecular formula is C9H14Cl2F3N3O. The van der Waals surface area contributed by atoms with Crippen molar-refractivity contribution in [3.63, 3.8) is 0 Å². The monoisotopic (exact) mass is 307 g/mol. The van der Waals surface area contributed by atoms with Crippen molar-refractivity contribution in [3.8, 4) is 5.88 Å². The number of nitrogens with two attached hydrogens (primary N) is 1. The van der Waals surface area contributed by atoms with Gasteiger partial charge in [0.1, 0.15) is 0 Å². The SMILES string of the molecule is Cc1nnc(OCC(F)(F)F)c(CN)c1C.Cl.Cl. The van der Waals surface area contributed by atoms with Crippen LogP contribution in [0.25, 0.3) is 0 Å². The van der Waals surface area contributed by atoms with Crippen LogP contribution in [0.15, 0.2) is 0 Å². The zero-order valence-corrected chi connectivity index (χ0v) is 11.4. The van der Waals surface area contributed by atoms with E-state index in [0.717, 1.165) is 0 Å². The van der Waals surface area contributed by atoms with Gasteiger partial charge in [-0.3, -0.25) is 0 Å². The molecule has 0 amide bonds. The standard InChI is InChI=1S/C9H12F3N3O.2ClH/c1-5-6(2)14-15-8(7(5)3-13)16-4-9(10,11)12;;/h3-4,13H2,1-2H3;2*1H. The molecule has 0 unspecified atom stereocenters. The molecular weight excluding hydrogens is 294 g/mol. The molecule has 0 saturated heterocycles. The maximum atomic E-state index is 12.0. The Kier molecular flexibility index (Phi) is 8.26. The lowest BCUT2D eigenvalue weighted by Crippen LogP contribution is -2.21. The third-order valence-corrected chi connectivity index (χ3v) is 2.12. The molecule has 1 rings (SSSR count). The Morgan fingerprint density at radius 2 is 1.72 bits per heavy atom. The second kappa shape index (κ2) is 7.60. The highest BCUT2D eigenvalue weighted by Crippen LogP contribution is 2.22. The quantitative estimate of drug-likeness (QED) is 0.931. The Morgan fingerprint density at radius 1 is 1.17 bits per heavy atom. The van der Waals surface area contributed by atoms with Gasteiger partial charge in [-0.2, -0.15) is 18.3 Å². The van der Waals surface area contributed by atoms with Gasteiger partial charge in [-0.25, -0.2) is 0 Å². The van der Waals surface area contributed by atoms with Crippen LogP contribution in [0.4, 0.5) is 13.2 Å². The molecule has 0 aliphatic heterocycles. The topological polar surface area (TPSA) is 61.0 Å². The van der Waals surface area contributed by atoms with E-state index in [-0.39, 0.29) is 37.2 Å². The lowest BCUT2D eigenvalue weighted by atomic mass is 10.1. The van der Waals surface area contributed by atoms with Gasteiger partial charge in [0.15, 0.2) is 6.61 Å². The van der Waals surface area contributed by atoms with E-state index in [4.69, 9.17) is 5.73 Å². The Balaban J connectivity index is 0. The van der Waals surface area contributed by atoms with E-state index in [1.807, 2.05) is 0 Å². The number of ether oxygens (including phenoxy) is 1. The highest BCUT2D eigenvalue weighted by molar-refractivity contribution is 5.85. The van der Waals surface area contributed by atoms with Gasteiger partial charge in [0.25, 0.3) is 0 Å². The summed E-state index contributed by atoms with van der Waals surface area (Å²) in [5, 5.41) is 7.25. The minimum Gasteiger partial charge on any atom is -0.467 e. The summed E-state index contributed by atoms with van der Waals surface area (Å²) in [4.78, 5) is 0. The number of aryl methyl sites for hydroxylation is 1. The molecule has 0 atom stereocenters. The molecule has 0 aromatic carbocycles. The number of hydrogen-bond acceptors (Lipinski definition) is 4. The predicted molar refractivity (Wildman–Crippen MR) is 65.4 cm³/mol. The van der Waals surface area contributed by atoms with Gasteiger partial charge in [0, 0.05) is 12.1 Å². The summed E-state index contributed by atoms with van der Waals surface area (Å²) < 4.78 is 40.4. The Labute approximate surface area is 115 Å². The number of nitrogens with zero attached hydrogens (tertiary/aromatic N) is 2. The molecule has 0 saturated carbocycles. The second-order valence-corrected chi connectivity index (χ2v) is 3.30. The van der Waals surface area contributed by atoms with Crippen LogP contribution in [0.3, 0.4) is 0 Å². The minimum absolute atomic E-state index is 0. The van der Waals surface area contributed by atoms with Crippen LogP contribution in [0.5, 0.6) is 5.88 Å². The summed E-state index contributed by atoms with van der Waals surface area (Å²) in [6.45, 7) is 2.09. The van der Waals surface area contributed by atoms with E-state index >= 15 is 0 Å². The lowest BCUT2D eigenvalue weighted by molar-refractivity contribution is -0.154. The number of hydrogen-bond donors (Lipinski definition) is 1. The fraction of sp³-hybridized carbons (Fsp3) is 0.556. The number of alkyl halides is 3. The van der Waals surface area contributed by atoms with Crippen LogP contribution >= 0.6 is 24.8 Å². The zero-order chi connectivity index (χ0) is 12.3. The molecule has 18 heavy (non-hydrogen) atoms. The van der Waals surface area contributed by atoms with Gasteiger partial charge >= 0.3 is 6.18 Å². The van der Waals surface area contributed by atoms with Gasteiger partial charge < -0.3 is 10.5 Å². The number of halogens is 5. The fourth-order valence-corrected chi connectivity index (χ4v) is 1.14. The summed E-state index contributed by atoms with van der Waals surface area (Å²) >= 11 is 0. The Morgan fingerprint density at radius 3 is 2.17 bits per heavy atom. The summed E-state index contributed by atoms with van der Waals surface area (Å²) in [5.41, 5.74) is 7.21. The molecule has 0 aliphatic rings. The van der Waals surface area contributed by atoms with Crippen LogP contribution in [0.2, 0.25) is 0 Å². The molecule has 4 nitrogen and oxygen atoms in total. The van der Waals surface area contributed by atoms with Crippen LogP contribution in [-0.2, 0) is 6.54 Å². The summed E-state index contributed by atoms with van der Waals surface area (Å²) in [7, 11) is 0. The normalized spacial score (nSPS) is 10.3. The first kappa shape index (κ1) is 19.5. The molecule has 9 heteroatoms. The van der Waals surface area contributed by atoms with Crippen molar-refractivity contribution in [3.05, 3.63) is 16.8 Å². The van der Waals surface area contributed by atoms with E-state index in [2.05, 4.69) is 14.9 Å². The first-order valence-electron chi connectivity index (χ1n) is 4.57. The van der Waals surface area contributed by atoms with Crippen molar-refractivity contribution >= 4 is 24.8 Å². The van der Waals surface area contributed by atoms with Crippen molar-refractivity contribution in [2.75, 3.05) is 6.61 Å². The molecule has 1 aromatic rings. The highest BCUT2D eigenvalue weighted by Gasteiger charge is 2.29. The maximum absolute atomic E-state index is 12.0. The molecule has 0 bridgehead atoms. The van der Waals surface area contributed by atoms with Crippen LogP contribution in [0, 0.1) is 13.8 Å². The van der Waals surface area contributed by atoms with Crippen LogP contribution in [0.1, 0.15) is 16.8 Å². The van der Waals surface area contributed by atoms with Crippen molar-refractivity contribution in [1.82, 2.24) is 10.2 Å². The molecule has 2 N–H and O–H groups in total. The van der Waals surface area contributed by atoms with Crippen molar-refractivity contribution in [2.45, 2.75) is 26.6 Å². The summed E-state index contributed by atoms with van der Waals surface area (Å²) in [6, 6.07) is 0. The van der Waals surface area contributed by atoms with Gasteiger partial charge in [0.2, 0.25) is 5.88 Å². The van der Waals surface area contributed by atoms with Gasteiger partial charge in [0.05, 0.1) is 5.69 Å². The van der Waals surface area contributed by atoms with E-state index in [0.29, 0.717) is 16.8 Å². The molecule has 1 aromatic heterocycles. The minimum atomic E-state index is -4.40. The number of rotatable bonds is 3. The summed E-state index contributed by atoms with van der Waals surface area (Å²) in [5.74, 6) is -0.150. The molecule has 0 spiro atoms. The molecule has 1 heterocycles. The third kappa shape index (κ3) is 5.24. The second-order valence-electron chi connectivity index (χ2n) is 3.30.